The van der Waals surface area contributed by atoms with E-state index >= 15 is 0 Å². The zero-order valence-corrected chi connectivity index (χ0v) is 17.3. The van der Waals surface area contributed by atoms with Crippen LogP contribution < -0.4 is 5.32 Å². The topological polar surface area (TPSA) is 92.8 Å². The van der Waals surface area contributed by atoms with E-state index in [4.69, 9.17) is 4.74 Å². The van der Waals surface area contributed by atoms with Gasteiger partial charge in [-0.2, -0.15) is 4.31 Å². The van der Waals surface area contributed by atoms with Gasteiger partial charge in [0, 0.05) is 18.8 Å². The van der Waals surface area contributed by atoms with Crippen LogP contribution in [0.4, 0.5) is 5.69 Å². The number of nitrogens with one attached hydrogen (secondary N) is 1. The van der Waals surface area contributed by atoms with E-state index in [-0.39, 0.29) is 10.5 Å². The lowest BCUT2D eigenvalue weighted by molar-refractivity contribution is -0.119. The standard InChI is InChI=1S/C21H24N2O5S/c1-15-7-5-8-16(2)20(15)22-19(24)14-28-21(25)17-9-6-10-18(13-17)29(26,27)23-11-3-4-12-23/h5-10,13H,3-4,11-12,14H2,1-2H3,(H,22,24). The third-order valence-corrected chi connectivity index (χ3v) is 6.75. The number of amides is 1. The number of rotatable bonds is 6. The fraction of sp³-hybridized carbons (Fsp3) is 0.333. The monoisotopic (exact) mass is 416 g/mol. The number of nitrogens with zero attached hydrogens (tertiary/aromatic N) is 1. The number of para-hydroxylation sites is 1. The Morgan fingerprint density at radius 3 is 2.31 bits per heavy atom. The first-order chi connectivity index (χ1) is 13.8. The number of anilines is 1. The largest absolute Gasteiger partial charge is 0.452 e. The Bertz CT molecular complexity index is 1010. The minimum absolute atomic E-state index is 0.0498. The number of hydrogen-bond donors (Lipinski definition) is 1. The zero-order chi connectivity index (χ0) is 21.0. The molecule has 0 saturated carbocycles. The maximum Gasteiger partial charge on any atom is 0.338 e. The Morgan fingerprint density at radius 1 is 1.03 bits per heavy atom. The van der Waals surface area contributed by atoms with Gasteiger partial charge in [0.05, 0.1) is 10.5 Å². The Hall–Kier alpha value is -2.71. The highest BCUT2D eigenvalue weighted by Crippen LogP contribution is 2.22. The van der Waals surface area contributed by atoms with Crippen molar-refractivity contribution in [2.24, 2.45) is 0 Å². The average Bonchev–Trinajstić information content (AvgIpc) is 3.25. The molecule has 3 rings (SSSR count). The van der Waals surface area contributed by atoms with Crippen LogP contribution in [0.15, 0.2) is 47.4 Å². The molecule has 1 saturated heterocycles. The third kappa shape index (κ3) is 4.83. The number of aryl methyl sites for hydroxylation is 2. The lowest BCUT2D eigenvalue weighted by Gasteiger charge is -2.16. The third-order valence-electron chi connectivity index (χ3n) is 4.85. The quantitative estimate of drug-likeness (QED) is 0.731. The van der Waals surface area contributed by atoms with Crippen LogP contribution in [-0.2, 0) is 19.6 Å². The molecule has 8 heteroatoms. The van der Waals surface area contributed by atoms with E-state index in [1.165, 1.54) is 28.6 Å². The zero-order valence-electron chi connectivity index (χ0n) is 16.5. The predicted molar refractivity (Wildman–Crippen MR) is 109 cm³/mol. The van der Waals surface area contributed by atoms with E-state index < -0.39 is 28.5 Å². The van der Waals surface area contributed by atoms with Crippen molar-refractivity contribution in [3.8, 4) is 0 Å². The van der Waals surface area contributed by atoms with Crippen LogP contribution in [0, 0.1) is 13.8 Å². The minimum atomic E-state index is -3.63. The van der Waals surface area contributed by atoms with Crippen molar-refractivity contribution < 1.29 is 22.7 Å². The van der Waals surface area contributed by atoms with Gasteiger partial charge in [0.2, 0.25) is 10.0 Å². The molecular formula is C21H24N2O5S. The first-order valence-corrected chi connectivity index (χ1v) is 10.9. The van der Waals surface area contributed by atoms with Gasteiger partial charge in [0.15, 0.2) is 6.61 Å². The van der Waals surface area contributed by atoms with Crippen molar-refractivity contribution in [3.63, 3.8) is 0 Å². The summed E-state index contributed by atoms with van der Waals surface area (Å²) in [6, 6.07) is 11.4. The van der Waals surface area contributed by atoms with Crippen LogP contribution in [0.3, 0.4) is 0 Å². The van der Waals surface area contributed by atoms with Crippen molar-refractivity contribution >= 4 is 27.6 Å². The first kappa shape index (κ1) is 21.0. The van der Waals surface area contributed by atoms with Gasteiger partial charge in [0.25, 0.3) is 5.91 Å². The average molecular weight is 416 g/mol. The fourth-order valence-electron chi connectivity index (χ4n) is 3.26. The Morgan fingerprint density at radius 2 is 1.66 bits per heavy atom. The van der Waals surface area contributed by atoms with Gasteiger partial charge in [0.1, 0.15) is 0 Å². The molecule has 2 aromatic rings. The molecule has 0 spiro atoms. The van der Waals surface area contributed by atoms with E-state index in [1.54, 1.807) is 0 Å². The Labute approximate surface area is 170 Å². The van der Waals surface area contributed by atoms with Crippen LogP contribution in [-0.4, -0.2) is 44.3 Å². The van der Waals surface area contributed by atoms with E-state index in [0.717, 1.165) is 24.0 Å². The van der Waals surface area contributed by atoms with Crippen molar-refractivity contribution in [2.75, 3.05) is 25.0 Å². The van der Waals surface area contributed by atoms with Crippen LogP contribution in [0.5, 0.6) is 0 Å². The van der Waals surface area contributed by atoms with Gasteiger partial charge >= 0.3 is 5.97 Å². The molecule has 1 heterocycles. The van der Waals surface area contributed by atoms with Crippen molar-refractivity contribution in [1.82, 2.24) is 4.31 Å². The summed E-state index contributed by atoms with van der Waals surface area (Å²) in [4.78, 5) is 24.5. The Kier molecular flexibility index (Phi) is 6.34. The second-order valence-corrected chi connectivity index (χ2v) is 8.97. The van der Waals surface area contributed by atoms with E-state index in [0.29, 0.717) is 18.8 Å². The Balaban J connectivity index is 1.64. The van der Waals surface area contributed by atoms with Crippen molar-refractivity contribution in [1.29, 1.82) is 0 Å². The maximum absolute atomic E-state index is 12.7. The van der Waals surface area contributed by atoms with E-state index in [1.807, 2.05) is 32.0 Å². The highest BCUT2D eigenvalue weighted by Gasteiger charge is 2.27. The molecule has 0 atom stereocenters. The molecule has 154 valence electrons. The van der Waals surface area contributed by atoms with E-state index in [2.05, 4.69) is 5.32 Å². The molecule has 0 bridgehead atoms. The van der Waals surface area contributed by atoms with Crippen molar-refractivity contribution in [3.05, 3.63) is 59.2 Å². The first-order valence-electron chi connectivity index (χ1n) is 9.42. The van der Waals surface area contributed by atoms with Gasteiger partial charge < -0.3 is 10.1 Å². The molecule has 7 nitrogen and oxygen atoms in total. The molecule has 0 aromatic heterocycles. The molecule has 0 aliphatic carbocycles. The van der Waals surface area contributed by atoms with Crippen LogP contribution in [0.25, 0.3) is 0 Å². The summed E-state index contributed by atoms with van der Waals surface area (Å²) in [6.45, 7) is 4.25. The van der Waals surface area contributed by atoms with Gasteiger partial charge in [-0.25, -0.2) is 13.2 Å². The molecule has 29 heavy (non-hydrogen) atoms. The van der Waals surface area contributed by atoms with Crippen LogP contribution >= 0.6 is 0 Å². The molecule has 0 radical (unpaired) electrons. The molecule has 1 aliphatic rings. The number of benzene rings is 2. The number of carbonyl (C=O) groups is 2. The fourth-order valence-corrected chi connectivity index (χ4v) is 4.83. The molecule has 1 N–H and O–H groups in total. The second-order valence-electron chi connectivity index (χ2n) is 7.03. The number of carbonyl (C=O) groups excluding carboxylic acids is 2. The minimum Gasteiger partial charge on any atom is -0.452 e. The number of esters is 1. The second kappa shape index (κ2) is 8.75. The number of hydrogen-bond acceptors (Lipinski definition) is 5. The SMILES string of the molecule is Cc1cccc(C)c1NC(=O)COC(=O)c1cccc(S(=O)(=O)N2CCCC2)c1. The molecule has 2 aromatic carbocycles. The summed E-state index contributed by atoms with van der Waals surface area (Å²) in [5, 5.41) is 2.74. The summed E-state index contributed by atoms with van der Waals surface area (Å²) in [6.07, 6.45) is 1.66. The van der Waals surface area contributed by atoms with Crippen molar-refractivity contribution in [2.45, 2.75) is 31.6 Å². The summed E-state index contributed by atoms with van der Waals surface area (Å²) < 4.78 is 31.8. The lowest BCUT2D eigenvalue weighted by atomic mass is 10.1. The molecule has 0 unspecified atom stereocenters. The van der Waals surface area contributed by atoms with Crippen LogP contribution in [0.1, 0.15) is 34.3 Å². The van der Waals surface area contributed by atoms with Crippen LogP contribution in [0.2, 0.25) is 0 Å². The normalized spacial score (nSPS) is 14.6. The number of sulfonamides is 1. The smallest absolute Gasteiger partial charge is 0.338 e. The van der Waals surface area contributed by atoms with Gasteiger partial charge in [-0.3, -0.25) is 4.79 Å². The summed E-state index contributed by atoms with van der Waals surface area (Å²) >= 11 is 0. The highest BCUT2D eigenvalue weighted by atomic mass is 32.2. The predicted octanol–water partition coefficient (Wildman–Crippen LogP) is 2.88. The molecule has 1 fully saturated rings. The summed E-state index contributed by atoms with van der Waals surface area (Å²) in [5.74, 6) is -1.21. The molecule has 1 aliphatic heterocycles. The summed E-state index contributed by atoms with van der Waals surface area (Å²) in [7, 11) is -3.63. The lowest BCUT2D eigenvalue weighted by Crippen LogP contribution is -2.28. The summed E-state index contributed by atoms with van der Waals surface area (Å²) in [5.41, 5.74) is 2.59. The van der Waals surface area contributed by atoms with E-state index in [9.17, 15) is 18.0 Å². The molecule has 1 amide bonds. The maximum atomic E-state index is 12.7. The van der Waals surface area contributed by atoms with Gasteiger partial charge in [-0.15, -0.1) is 0 Å². The molecular weight excluding hydrogens is 392 g/mol. The van der Waals surface area contributed by atoms with Gasteiger partial charge in [-0.05, 0) is 56.0 Å². The van der Waals surface area contributed by atoms with Gasteiger partial charge in [-0.1, -0.05) is 24.3 Å². The number of ether oxygens (including phenoxy) is 1. The highest BCUT2D eigenvalue weighted by molar-refractivity contribution is 7.89.